The Hall–Kier alpha value is -6.54. The zero-order chi connectivity index (χ0) is 55.4. The van der Waals surface area contributed by atoms with Gasteiger partial charge in [0, 0.05) is 77.0 Å². The van der Waals surface area contributed by atoms with E-state index in [2.05, 4.69) is 20.9 Å². The van der Waals surface area contributed by atoms with E-state index in [1.165, 1.54) is 4.90 Å². The molecule has 408 valence electrons. The third kappa shape index (κ3) is 12.1. The van der Waals surface area contributed by atoms with Crippen LogP contribution in [0.25, 0.3) is 21.2 Å². The number of amides is 4. The predicted octanol–water partition coefficient (Wildman–Crippen LogP) is 9.70. The lowest BCUT2D eigenvalue weighted by Crippen LogP contribution is -2.55. The number of esters is 2. The average Bonchev–Trinajstić information content (AvgIpc) is 4.07. The van der Waals surface area contributed by atoms with E-state index >= 15 is 0 Å². The van der Waals surface area contributed by atoms with Crippen LogP contribution in [0.2, 0.25) is 5.02 Å². The van der Waals surface area contributed by atoms with Crippen molar-refractivity contribution in [2.24, 2.45) is 5.92 Å². The number of hydrogen-bond donors (Lipinski definition) is 3. The fourth-order valence-electron chi connectivity index (χ4n) is 10.8. The van der Waals surface area contributed by atoms with Crippen LogP contribution in [-0.4, -0.2) is 103 Å². The first-order valence-electron chi connectivity index (χ1n) is 25.9. The molecule has 77 heavy (non-hydrogen) atoms. The molecule has 4 aliphatic rings. The van der Waals surface area contributed by atoms with Crippen molar-refractivity contribution < 1.29 is 51.4 Å². The fraction of sp³-hybridized carbons (Fsp3) is 0.439. The molecule has 0 saturated carbocycles. The van der Waals surface area contributed by atoms with Crippen LogP contribution in [0.4, 0.5) is 22.7 Å². The van der Waals surface area contributed by atoms with Crippen molar-refractivity contribution in [2.45, 2.75) is 128 Å². The number of ether oxygens (including phenoxy) is 3. The summed E-state index contributed by atoms with van der Waals surface area (Å²) in [4.78, 5) is 82.5. The van der Waals surface area contributed by atoms with Crippen LogP contribution in [0, 0.1) is 5.92 Å². The van der Waals surface area contributed by atoms with Gasteiger partial charge >= 0.3 is 11.9 Å². The quantitative estimate of drug-likeness (QED) is 0.0700. The van der Waals surface area contributed by atoms with Crippen LogP contribution in [-0.2, 0) is 44.4 Å². The summed E-state index contributed by atoms with van der Waals surface area (Å²) in [5.41, 5.74) is 2.31. The van der Waals surface area contributed by atoms with Crippen molar-refractivity contribution in [1.82, 2.24) is 9.62 Å². The molecule has 2 atom stereocenters. The van der Waals surface area contributed by atoms with Gasteiger partial charge in [0.05, 0.1) is 16.3 Å². The molecule has 9 rings (SSSR count). The number of carbonyl (C=O) groups is 6. The number of sulfonamides is 1. The topological polar surface area (TPSA) is 210 Å². The highest BCUT2D eigenvalue weighted by Gasteiger charge is 2.43. The predicted molar refractivity (Wildman–Crippen MR) is 298 cm³/mol. The Labute approximate surface area is 458 Å². The summed E-state index contributed by atoms with van der Waals surface area (Å²) in [5, 5.41) is 10.8. The first kappa shape index (κ1) is 55.2. The number of imide groups is 1. The number of benzene rings is 4. The van der Waals surface area contributed by atoms with Crippen LogP contribution in [0.3, 0.4) is 0 Å². The van der Waals surface area contributed by atoms with E-state index in [1.54, 1.807) is 76.2 Å². The minimum Gasteiger partial charge on any atom is -0.479 e. The molecular weight excluding hydrogens is 1040 g/mol. The molecule has 3 saturated heterocycles. The maximum Gasteiger partial charge on any atom is 0.352 e. The first-order chi connectivity index (χ1) is 36.2. The van der Waals surface area contributed by atoms with Crippen molar-refractivity contribution >= 4 is 102 Å². The number of carbonyl (C=O) groups excluding carboxylic acids is 6. The highest BCUT2D eigenvalue weighted by molar-refractivity contribution is 7.88. The van der Waals surface area contributed by atoms with Crippen molar-refractivity contribution in [3.05, 3.63) is 99.9 Å². The first-order valence-corrected chi connectivity index (χ1v) is 28.7. The zero-order valence-electron chi connectivity index (χ0n) is 44.5. The van der Waals surface area contributed by atoms with Crippen molar-refractivity contribution in [1.29, 1.82) is 0 Å². The van der Waals surface area contributed by atoms with E-state index in [0.717, 1.165) is 33.5 Å². The minimum absolute atomic E-state index is 0.0301. The van der Waals surface area contributed by atoms with Crippen LogP contribution in [0.15, 0.2) is 78.9 Å². The summed E-state index contributed by atoms with van der Waals surface area (Å²) < 4.78 is 47.0. The lowest BCUT2D eigenvalue weighted by Gasteiger charge is -2.45. The molecule has 0 bridgehead atoms. The number of halogens is 1. The van der Waals surface area contributed by atoms with E-state index in [1.807, 2.05) is 62.4 Å². The van der Waals surface area contributed by atoms with E-state index in [0.29, 0.717) is 71.7 Å². The molecule has 17 nitrogen and oxygen atoms in total. The van der Waals surface area contributed by atoms with Gasteiger partial charge in [-0.3, -0.25) is 29.4 Å². The fourth-order valence-corrected chi connectivity index (χ4v) is 14.2. The van der Waals surface area contributed by atoms with Gasteiger partial charge in [0.2, 0.25) is 27.7 Å². The van der Waals surface area contributed by atoms with Crippen LogP contribution in [0.1, 0.15) is 120 Å². The normalized spacial score (nSPS) is 19.3. The summed E-state index contributed by atoms with van der Waals surface area (Å²) in [6.45, 7) is 15.3. The van der Waals surface area contributed by atoms with E-state index < -0.39 is 57.3 Å². The number of piperidine rings is 3. The Morgan fingerprint density at radius 2 is 1.52 bits per heavy atom. The zero-order valence-corrected chi connectivity index (χ0v) is 46.9. The molecule has 0 aliphatic carbocycles. The minimum atomic E-state index is -3.82. The van der Waals surface area contributed by atoms with Gasteiger partial charge in [0.1, 0.15) is 22.3 Å². The third-order valence-corrected chi connectivity index (χ3v) is 17.8. The molecule has 3 N–H and O–H groups in total. The van der Waals surface area contributed by atoms with Gasteiger partial charge in [0.15, 0.2) is 17.2 Å². The van der Waals surface area contributed by atoms with Crippen LogP contribution in [0.5, 0.6) is 5.75 Å². The van der Waals surface area contributed by atoms with Crippen molar-refractivity contribution in [3.63, 3.8) is 0 Å². The number of hydrogen-bond acceptors (Lipinski definition) is 14. The average molecular weight is 1110 g/mol. The van der Waals surface area contributed by atoms with E-state index in [9.17, 15) is 37.2 Å². The molecule has 5 heterocycles. The Kier molecular flexibility index (Phi) is 15.3. The summed E-state index contributed by atoms with van der Waals surface area (Å²) >= 11 is 8.03. The van der Waals surface area contributed by atoms with Gasteiger partial charge in [-0.25, -0.2) is 18.0 Å². The molecule has 20 heteroatoms. The second kappa shape index (κ2) is 21.4. The Bertz CT molecular complexity index is 3300. The standard InChI is InChI=1S/C57H65ClN6O11S2/c1-55(2,3)74-45(66)31-73-48-47(58)49(76-50(48)54(70)75-56(4,5)6)35-13-10-15-37(29-35)59-38-24-27-63(57(7,8)30-38)77(71,72)32-33-12-9-14-36(28-33)60-51(67)34-22-25-62(26-23-34)41-18-19-42-46-39(41)16-11-17-40(46)53(69)64(42)43-20-21-44(65)61-52(43)68/h9-19,28-29,34,38,43,59H,20-27,30-32H2,1-8H3,(H,60,67)(H,61,65,68)/t38-,43?/m0/s1. The van der Waals surface area contributed by atoms with Crippen LogP contribution < -0.4 is 30.5 Å². The van der Waals surface area contributed by atoms with Gasteiger partial charge in [-0.05, 0) is 141 Å². The molecule has 4 aliphatic heterocycles. The highest BCUT2D eigenvalue weighted by Crippen LogP contribution is 2.48. The van der Waals surface area contributed by atoms with Gasteiger partial charge in [-0.1, -0.05) is 48.0 Å². The van der Waals surface area contributed by atoms with E-state index in [4.69, 9.17) is 25.8 Å². The monoisotopic (exact) mass is 1110 g/mol. The molecule has 5 aromatic rings. The Morgan fingerprint density at radius 3 is 2.22 bits per heavy atom. The highest BCUT2D eigenvalue weighted by atomic mass is 35.5. The number of anilines is 4. The molecular formula is C57H65ClN6O11S2. The molecule has 4 aromatic carbocycles. The number of nitrogens with one attached hydrogen (secondary N) is 3. The second-order valence-electron chi connectivity index (χ2n) is 22.8. The number of thiophene rings is 1. The largest absolute Gasteiger partial charge is 0.479 e. The number of nitrogens with zero attached hydrogens (tertiary/aromatic N) is 3. The molecule has 0 spiro atoms. The van der Waals surface area contributed by atoms with Gasteiger partial charge < -0.3 is 29.7 Å². The lowest BCUT2D eigenvalue weighted by molar-refractivity contribution is -0.157. The maximum atomic E-state index is 14.2. The number of rotatable bonds is 14. The second-order valence-corrected chi connectivity index (χ2v) is 26.1. The third-order valence-electron chi connectivity index (χ3n) is 14.1. The Balaban J connectivity index is 0.806. The van der Waals surface area contributed by atoms with E-state index in [-0.39, 0.29) is 70.5 Å². The maximum absolute atomic E-state index is 14.2. The lowest BCUT2D eigenvalue weighted by atomic mass is 9.89. The molecule has 1 unspecified atom stereocenters. The summed E-state index contributed by atoms with van der Waals surface area (Å²) in [6.07, 6.45) is 2.59. The van der Waals surface area contributed by atoms with Gasteiger partial charge in [-0.15, -0.1) is 11.3 Å². The summed E-state index contributed by atoms with van der Waals surface area (Å²) in [6, 6.07) is 23.0. The molecule has 3 fully saturated rings. The van der Waals surface area contributed by atoms with Gasteiger partial charge in [0.25, 0.3) is 5.91 Å². The van der Waals surface area contributed by atoms with Crippen molar-refractivity contribution in [2.75, 3.05) is 46.7 Å². The summed E-state index contributed by atoms with van der Waals surface area (Å²) in [7, 11) is -3.82. The van der Waals surface area contributed by atoms with Crippen LogP contribution >= 0.6 is 22.9 Å². The molecule has 0 radical (unpaired) electrons. The molecule has 4 amide bonds. The smallest absolute Gasteiger partial charge is 0.352 e. The SMILES string of the molecule is CC(C)(C)OC(=O)COc1c(C(=O)OC(C)(C)C)sc(-c2cccc(N[C@H]3CCN(S(=O)(=O)Cc4cccc(NC(=O)C5CCN(c6ccc7c8c(cccc68)C(=O)N7C6CCC(=O)NC6=O)CC5)c4)C(C)(C)C3)c2)c1Cl. The molecule has 1 aromatic heterocycles. The van der Waals surface area contributed by atoms with Crippen molar-refractivity contribution in [3.8, 4) is 16.2 Å². The Morgan fingerprint density at radius 1 is 0.831 bits per heavy atom. The van der Waals surface area contributed by atoms with Gasteiger partial charge in [-0.2, -0.15) is 4.31 Å². The summed E-state index contributed by atoms with van der Waals surface area (Å²) in [5.74, 6) is -3.00.